The van der Waals surface area contributed by atoms with Gasteiger partial charge in [0.15, 0.2) is 0 Å². The van der Waals surface area contributed by atoms with Crippen LogP contribution in [0.4, 0.5) is 22.8 Å². The highest BCUT2D eigenvalue weighted by Crippen LogP contribution is 2.49. The maximum Gasteiger partial charge on any atom is 0.427 e. The summed E-state index contributed by atoms with van der Waals surface area (Å²) in [5.41, 5.74) is 9.38. The van der Waals surface area contributed by atoms with Gasteiger partial charge in [0, 0.05) is 12.1 Å². The van der Waals surface area contributed by atoms with Gasteiger partial charge in [-0.3, -0.25) is 9.59 Å². The van der Waals surface area contributed by atoms with Crippen molar-refractivity contribution in [2.24, 2.45) is 23.7 Å². The largest absolute Gasteiger partial charge is 0.444 e. The number of H-pyrrole nitrogens is 2. The van der Waals surface area contributed by atoms with Gasteiger partial charge in [0.25, 0.3) is 0 Å². The van der Waals surface area contributed by atoms with Crippen LogP contribution in [0.2, 0.25) is 0 Å². The van der Waals surface area contributed by atoms with Gasteiger partial charge in [0.1, 0.15) is 29.3 Å². The van der Waals surface area contributed by atoms with E-state index >= 15 is 0 Å². The van der Waals surface area contributed by atoms with Crippen molar-refractivity contribution in [3.8, 4) is 22.3 Å². The second kappa shape index (κ2) is 22.6. The third-order valence-electron chi connectivity index (χ3n) is 18.5. The van der Waals surface area contributed by atoms with Crippen molar-refractivity contribution in [1.82, 2.24) is 40.4 Å². The van der Waals surface area contributed by atoms with Crippen LogP contribution in [-0.4, -0.2) is 95.3 Å². The first-order valence-electron chi connectivity index (χ1n) is 30.3. The van der Waals surface area contributed by atoms with Crippen molar-refractivity contribution in [3.05, 3.63) is 107 Å². The van der Waals surface area contributed by atoms with E-state index in [2.05, 4.69) is 87.3 Å². The molecule has 2 saturated carbocycles. The number of fused-ring (bicyclic) bond motifs is 4. The number of alkyl carbamates (subject to hydrolysis) is 2. The number of aromatic amines is 2. The Kier molecular flexibility index (Phi) is 15.8. The monoisotopic (exact) mass is 1140 g/mol. The van der Waals surface area contributed by atoms with Gasteiger partial charge < -0.3 is 39.9 Å². The van der Waals surface area contributed by atoms with E-state index in [1.165, 1.54) is 27.8 Å². The Bertz CT molecular complexity index is 3430. The predicted molar refractivity (Wildman–Crippen MR) is 314 cm³/mol. The summed E-state index contributed by atoms with van der Waals surface area (Å²) in [4.78, 5) is 77.1. The van der Waals surface area contributed by atoms with Crippen molar-refractivity contribution < 1.29 is 41.8 Å². The lowest BCUT2D eigenvalue weighted by atomic mass is 9.84. The van der Waals surface area contributed by atoms with Crippen LogP contribution in [0.15, 0.2) is 72.8 Å². The van der Waals surface area contributed by atoms with Gasteiger partial charge in [-0.15, -0.1) is 0 Å². The number of imidazole rings is 2. The summed E-state index contributed by atoms with van der Waals surface area (Å²) in [6.07, 6.45) is 6.04. The molecule has 0 radical (unpaired) electrons. The first-order chi connectivity index (χ1) is 39.4. The molecule has 4 N–H and O–H groups in total. The first-order valence-corrected chi connectivity index (χ1v) is 30.3. The van der Waals surface area contributed by atoms with E-state index in [-0.39, 0.29) is 41.8 Å². The first kappa shape index (κ1) is 57.9. The smallest absolute Gasteiger partial charge is 0.427 e. The number of hydrogen-bond donors (Lipinski definition) is 4. The molecule has 83 heavy (non-hydrogen) atoms. The molecule has 4 bridgehead atoms. The number of carbonyl (C=O) groups is 4. The molecule has 4 aromatic carbocycles. The van der Waals surface area contributed by atoms with Crippen molar-refractivity contribution in [1.29, 1.82) is 0 Å². The van der Waals surface area contributed by atoms with E-state index in [1.54, 1.807) is 13.8 Å². The molecule has 4 amide bonds. The molecule has 4 heterocycles. The third kappa shape index (κ3) is 11.8. The molecule has 8 aliphatic rings. The standard InChI is InChI=1S/C66H81F3N8O6/c1-36(2)56(74-62(80)82-64(5,6)7)60(78)76-52-16-12-10-14-44(52)34-54(76)58-70-48-28-26-42(32-50(48)72-58)46-30-38-18-22-40(46)23-19-39-21-25-41(24-20-38)47(31-39)43-27-29-49-51(33-43)73-59(71-49)55-35-45-15-11-13-17-53(45)77(55)61(79)57(37(3)4)75-63(81)83-65(8,9)66(67,68)69/h18,21-22,25-33,36-37,44-45,52-57H,10-17,19-20,23-24,34-35H2,1-9H3,(H,70,72)(H,71,73)(H,74,80)(H,75,81). The molecule has 6 aromatic rings. The van der Waals surface area contributed by atoms with Gasteiger partial charge >= 0.3 is 18.4 Å². The van der Waals surface area contributed by atoms with Gasteiger partial charge in [-0.05, 0) is 191 Å². The zero-order valence-corrected chi connectivity index (χ0v) is 49.5. The van der Waals surface area contributed by atoms with Gasteiger partial charge in [0.05, 0.1) is 34.2 Å². The van der Waals surface area contributed by atoms with Crippen molar-refractivity contribution in [2.75, 3.05) is 0 Å². The van der Waals surface area contributed by atoms with Crippen LogP contribution < -0.4 is 10.6 Å². The molecule has 0 spiro atoms. The fraction of sp³-hybridized carbons (Fsp3) is 0.545. The van der Waals surface area contributed by atoms with Crippen LogP contribution in [0.5, 0.6) is 0 Å². The Labute approximate surface area is 484 Å². The lowest BCUT2D eigenvalue weighted by Crippen LogP contribution is -2.55. The number of halogens is 3. The molecule has 14 nitrogen and oxygen atoms in total. The maximum absolute atomic E-state index is 14.8. The Balaban J connectivity index is 0.829. The Morgan fingerprint density at radius 2 is 0.988 bits per heavy atom. The Morgan fingerprint density at radius 3 is 1.40 bits per heavy atom. The zero-order chi connectivity index (χ0) is 58.9. The summed E-state index contributed by atoms with van der Waals surface area (Å²) in [7, 11) is 0. The number of carbonyl (C=O) groups excluding carboxylic acids is 4. The van der Waals surface area contributed by atoms with Crippen molar-refractivity contribution in [2.45, 2.75) is 206 Å². The summed E-state index contributed by atoms with van der Waals surface area (Å²) in [6.45, 7) is 14.5. The number of nitrogens with zero attached hydrogens (tertiary/aromatic N) is 4. The van der Waals surface area contributed by atoms with E-state index < -0.39 is 53.6 Å². The molecule has 2 aliphatic heterocycles. The lowest BCUT2D eigenvalue weighted by molar-refractivity contribution is -0.244. The van der Waals surface area contributed by atoms with E-state index in [0.29, 0.717) is 18.2 Å². The molecule has 4 fully saturated rings. The Morgan fingerprint density at radius 1 is 0.566 bits per heavy atom. The van der Waals surface area contributed by atoms with Crippen LogP contribution in [0.1, 0.15) is 173 Å². The second-order valence-corrected chi connectivity index (χ2v) is 26.5. The molecular weight excluding hydrogens is 1060 g/mol. The quantitative estimate of drug-likeness (QED) is 0.0991. The molecule has 2 aromatic heterocycles. The number of aryl methyl sites for hydroxylation is 4. The number of ether oxygens (including phenoxy) is 2. The predicted octanol–water partition coefficient (Wildman–Crippen LogP) is 14.0. The van der Waals surface area contributed by atoms with E-state index in [4.69, 9.17) is 19.4 Å². The van der Waals surface area contributed by atoms with Gasteiger partial charge in [0.2, 0.25) is 17.4 Å². The molecule has 442 valence electrons. The Hall–Kier alpha value is -6.91. The average molecular weight is 1140 g/mol. The lowest BCUT2D eigenvalue weighted by Gasteiger charge is -2.37. The fourth-order valence-corrected chi connectivity index (χ4v) is 14.1. The molecular formula is C66H81F3N8O6. The zero-order valence-electron chi connectivity index (χ0n) is 49.5. The molecule has 17 heteroatoms. The van der Waals surface area contributed by atoms with Crippen LogP contribution in [0, 0.1) is 23.7 Å². The molecule has 14 rings (SSSR count). The summed E-state index contributed by atoms with van der Waals surface area (Å²) >= 11 is 0. The number of amides is 4. The maximum atomic E-state index is 14.8. The summed E-state index contributed by atoms with van der Waals surface area (Å²) < 4.78 is 51.6. The number of alkyl halides is 3. The minimum atomic E-state index is -4.79. The highest BCUT2D eigenvalue weighted by molar-refractivity contribution is 5.89. The summed E-state index contributed by atoms with van der Waals surface area (Å²) in [5, 5.41) is 5.45. The second-order valence-electron chi connectivity index (χ2n) is 26.5. The highest BCUT2D eigenvalue weighted by atomic mass is 19.4. The normalized spacial score (nSPS) is 22.8. The fourth-order valence-electron chi connectivity index (χ4n) is 14.1. The van der Waals surface area contributed by atoms with Gasteiger partial charge in [-0.1, -0.05) is 102 Å². The van der Waals surface area contributed by atoms with Crippen LogP contribution >= 0.6 is 0 Å². The van der Waals surface area contributed by atoms with Crippen LogP contribution in [-0.2, 0) is 44.7 Å². The third-order valence-corrected chi connectivity index (χ3v) is 18.5. The average Bonchev–Trinajstić information content (AvgIpc) is 4.39. The van der Waals surface area contributed by atoms with Crippen molar-refractivity contribution in [3.63, 3.8) is 0 Å². The number of hydrogen-bond acceptors (Lipinski definition) is 8. The van der Waals surface area contributed by atoms with Crippen LogP contribution in [0.25, 0.3) is 44.3 Å². The number of benzene rings is 4. The van der Waals surface area contributed by atoms with Crippen LogP contribution in [0.3, 0.4) is 0 Å². The number of aromatic nitrogens is 4. The van der Waals surface area contributed by atoms with Gasteiger partial charge in [-0.2, -0.15) is 13.2 Å². The summed E-state index contributed by atoms with van der Waals surface area (Å²) in [5.74, 6) is 1.00. The van der Waals surface area contributed by atoms with Gasteiger partial charge in [-0.25, -0.2) is 19.6 Å². The minimum Gasteiger partial charge on any atom is -0.444 e. The minimum absolute atomic E-state index is 0.0793. The highest BCUT2D eigenvalue weighted by Gasteiger charge is 2.53. The van der Waals surface area contributed by atoms with Crippen molar-refractivity contribution >= 4 is 46.1 Å². The molecule has 6 aliphatic carbocycles. The number of rotatable bonds is 11. The topological polar surface area (TPSA) is 175 Å². The molecule has 8 atom stereocenters. The van der Waals surface area contributed by atoms with E-state index in [0.717, 1.165) is 142 Å². The number of likely N-dealkylation sites (tertiary alicyclic amines) is 2. The van der Waals surface area contributed by atoms with E-state index in [1.807, 2.05) is 50.5 Å². The molecule has 2 saturated heterocycles. The number of nitrogens with one attached hydrogen (secondary N) is 4. The van der Waals surface area contributed by atoms with E-state index in [9.17, 15) is 32.3 Å². The summed E-state index contributed by atoms with van der Waals surface area (Å²) in [6, 6.07) is 24.0. The SMILES string of the molecule is CC(C)C(NC(=O)OC(C)(C)C)C(=O)N1C(c2nc3ccc(-c4cc5ccc4CCc4ccc(c(-c6ccc7nc(C8CC9CCCCC9N8C(=O)C(NC(=O)OC(C)(C)C(F)(F)F)C(C)C)[nH]c7c6)c4)CC5)cc3[nH]2)CC2CCCCC21. The molecule has 8 unspecified atom stereocenters.